The van der Waals surface area contributed by atoms with Crippen LogP contribution in [0.15, 0.2) is 207 Å². The Hall–Kier alpha value is -9.11. The van der Waals surface area contributed by atoms with Gasteiger partial charge in [-0.3, -0.25) is 29.9 Å². The van der Waals surface area contributed by atoms with Crippen LogP contribution in [-0.4, -0.2) is 125 Å². The first-order chi connectivity index (χ1) is 46.3. The normalized spacial score (nSPS) is 12.5. The minimum Gasteiger partial charge on any atom is -0.491 e. The number of hydrogen-bond donors (Lipinski definition) is 0. The molecule has 0 spiro atoms. The minimum absolute atomic E-state index is 0. The van der Waals surface area contributed by atoms with Gasteiger partial charge in [0.15, 0.2) is 0 Å². The molecule has 528 valence electrons. The molecule has 0 aliphatic heterocycles. The van der Waals surface area contributed by atoms with Crippen LogP contribution >= 0.6 is 15.6 Å². The summed E-state index contributed by atoms with van der Waals surface area (Å²) < 4.78 is 166. The van der Waals surface area contributed by atoms with Gasteiger partial charge in [0.1, 0.15) is 55.2 Å². The Morgan fingerprint density at radius 2 is 0.545 bits per heavy atom. The average Bonchev–Trinajstić information content (AvgIpc) is 0.796. The maximum Gasteiger partial charge on any atom is 2.00 e. The Kier molecular flexibility index (Phi) is 28.0. The van der Waals surface area contributed by atoms with Crippen molar-refractivity contribution >= 4 is 21.4 Å². The summed E-state index contributed by atoms with van der Waals surface area (Å²) in [6.07, 6.45) is 10.7. The standard InChI is InChI=1S/C64H58N8O8.C3H6O.2F6P.Fe/c1-5-23-65-55(15-1)61-41-53(42-62(71-61)56-16-2-6-24-66-56)79-37-33-75-29-27-73-31-35-77-51-13-9-11-47(39-51)49-19-21-59(69-45-49)60-22-20-50(46-70-60)48-12-10-14-52(40-48)78-36-32-74-28-30-76-34-38-80-54-43-63(57-17-3-7-25-67-57)72-64(44-54)58-18-4-8-26-68-58;1-3(2)4;2*1-7(2,3,4,5)6;/h1-26,39-46H,27-38H2;1-2H3;;;/q;;2*-1;+2. The summed E-state index contributed by atoms with van der Waals surface area (Å²) in [6.45, 7) is 7.92. The van der Waals surface area contributed by atoms with E-state index in [1.54, 1.807) is 24.8 Å². The number of benzene rings is 2. The van der Waals surface area contributed by atoms with E-state index in [0.29, 0.717) is 114 Å². The van der Waals surface area contributed by atoms with Gasteiger partial charge in [0.25, 0.3) is 0 Å². The molecule has 0 saturated carbocycles. The van der Waals surface area contributed by atoms with Crippen molar-refractivity contribution in [2.24, 2.45) is 0 Å². The van der Waals surface area contributed by atoms with Gasteiger partial charge < -0.3 is 42.7 Å². The Labute approximate surface area is 571 Å². The third-order valence-electron chi connectivity index (χ3n) is 12.2. The van der Waals surface area contributed by atoms with E-state index in [0.717, 1.165) is 67.9 Å². The molecule has 0 radical (unpaired) electrons. The van der Waals surface area contributed by atoms with Crippen molar-refractivity contribution in [3.63, 3.8) is 0 Å². The van der Waals surface area contributed by atoms with E-state index >= 15 is 0 Å². The first kappa shape index (κ1) is 78.9. The number of carbonyl (C=O) groups excluding carboxylic acids is 1. The van der Waals surface area contributed by atoms with Gasteiger partial charge in [-0.25, -0.2) is 9.97 Å². The van der Waals surface area contributed by atoms with Crippen LogP contribution in [-0.2, 0) is 40.8 Å². The van der Waals surface area contributed by atoms with E-state index in [9.17, 15) is 55.2 Å². The molecule has 8 aromatic heterocycles. The molecule has 99 heavy (non-hydrogen) atoms. The van der Waals surface area contributed by atoms with Crippen molar-refractivity contribution < 1.29 is 110 Å². The fourth-order valence-corrected chi connectivity index (χ4v) is 8.24. The summed E-state index contributed by atoms with van der Waals surface area (Å²) in [4.78, 5) is 46.3. The number of aromatic nitrogens is 8. The summed E-state index contributed by atoms with van der Waals surface area (Å²) >= 11 is 0. The van der Waals surface area contributed by atoms with Gasteiger partial charge in [-0.1, -0.05) is 60.7 Å². The van der Waals surface area contributed by atoms with Gasteiger partial charge in [-0.05, 0) is 110 Å². The van der Waals surface area contributed by atoms with E-state index < -0.39 is 15.6 Å². The molecule has 2 aromatic carbocycles. The summed E-state index contributed by atoms with van der Waals surface area (Å²) in [5.74, 6) is 2.98. The third kappa shape index (κ3) is 33.8. The molecule has 0 bridgehead atoms. The van der Waals surface area contributed by atoms with Gasteiger partial charge in [-0.2, -0.15) is 0 Å². The van der Waals surface area contributed by atoms with Crippen LogP contribution in [0.3, 0.4) is 0 Å². The maximum absolute atomic E-state index is 10.7. The molecule has 0 aliphatic rings. The van der Waals surface area contributed by atoms with E-state index in [4.69, 9.17) is 57.8 Å². The zero-order chi connectivity index (χ0) is 70.6. The second kappa shape index (κ2) is 35.1. The fourth-order valence-electron chi connectivity index (χ4n) is 8.24. The number of carbonyl (C=O) groups is 1. The Balaban J connectivity index is 0.000000720. The van der Waals surface area contributed by atoms with Gasteiger partial charge in [-0.15, -0.1) is 0 Å². The van der Waals surface area contributed by atoms with E-state index in [2.05, 4.69) is 19.9 Å². The average molecular weight is 1470 g/mol. The summed E-state index contributed by atoms with van der Waals surface area (Å²) in [7, 11) is -21.3. The summed E-state index contributed by atoms with van der Waals surface area (Å²) in [5.41, 5.74) is 11.3. The molecule has 0 aliphatic carbocycles. The molecule has 32 heteroatoms. The first-order valence-corrected chi connectivity index (χ1v) is 33.6. The zero-order valence-electron chi connectivity index (χ0n) is 52.7. The van der Waals surface area contributed by atoms with E-state index in [1.165, 1.54) is 13.8 Å². The monoisotopic (exact) mass is 1470 g/mol. The van der Waals surface area contributed by atoms with Crippen molar-refractivity contribution in [2.75, 3.05) is 79.3 Å². The quantitative estimate of drug-likeness (QED) is 0.0186. The second-order valence-electron chi connectivity index (χ2n) is 20.6. The number of ketones is 1. The van der Waals surface area contributed by atoms with Crippen LogP contribution in [0.2, 0.25) is 0 Å². The molecule has 10 rings (SSSR count). The minimum atomic E-state index is -10.7. The van der Waals surface area contributed by atoms with Gasteiger partial charge in [0.05, 0.1) is 110 Å². The van der Waals surface area contributed by atoms with E-state index in [-0.39, 0.29) is 22.9 Å². The van der Waals surface area contributed by atoms with E-state index in [1.807, 2.05) is 182 Å². The number of Topliss-reactive ketones (excluding diaryl/α,β-unsaturated/α-hetero) is 1. The molecule has 8 heterocycles. The molecule has 0 saturated heterocycles. The Bertz CT molecular complexity index is 3710. The molecule has 0 atom stereocenters. The van der Waals surface area contributed by atoms with Crippen LogP contribution in [0.5, 0.6) is 23.0 Å². The predicted molar refractivity (Wildman–Crippen MR) is 348 cm³/mol. The van der Waals surface area contributed by atoms with Crippen LogP contribution in [0.4, 0.5) is 50.4 Å². The van der Waals surface area contributed by atoms with Crippen molar-refractivity contribution in [2.45, 2.75) is 13.8 Å². The van der Waals surface area contributed by atoms with Gasteiger partial charge in [0, 0.05) is 72.6 Å². The molecule has 0 unspecified atom stereocenters. The molecule has 10 aromatic rings. The Morgan fingerprint density at radius 1 is 0.293 bits per heavy atom. The van der Waals surface area contributed by atoms with Gasteiger partial charge >= 0.3 is 83.0 Å². The molecule has 0 N–H and O–H groups in total. The molecule has 0 amide bonds. The zero-order valence-corrected chi connectivity index (χ0v) is 55.5. The SMILES string of the molecule is CC(C)=O.F[P-](F)(F)(F)(F)F.F[P-](F)(F)(F)(F)F.[Fe+2].c1ccc(-c2cc(OCCOCCOCCOc3cccc(-c4ccc(-c5ccc(-c6cccc(OCCOCCOCCOc7cc(-c8ccccn8)nc(-c8ccccn8)c7)c6)cn5)nc4)c3)cc(-c3ccccn3)n2)nc1. The molecule has 0 fully saturated rings. The van der Waals surface area contributed by atoms with Crippen LogP contribution in [0.1, 0.15) is 13.8 Å². The van der Waals surface area contributed by atoms with Gasteiger partial charge in [0.2, 0.25) is 0 Å². The number of hydrogen-bond acceptors (Lipinski definition) is 17. The van der Waals surface area contributed by atoms with Crippen LogP contribution in [0.25, 0.3) is 79.2 Å². The van der Waals surface area contributed by atoms with Crippen LogP contribution in [0, 0.1) is 0 Å². The van der Waals surface area contributed by atoms with Crippen LogP contribution < -0.4 is 18.9 Å². The smallest absolute Gasteiger partial charge is 0.491 e. The number of ether oxygens (including phenoxy) is 8. The van der Waals surface area contributed by atoms with Crippen molar-refractivity contribution in [3.05, 3.63) is 207 Å². The Morgan fingerprint density at radius 3 is 0.788 bits per heavy atom. The fraction of sp³-hybridized carbons (Fsp3) is 0.209. The second-order valence-corrected chi connectivity index (χ2v) is 24.4. The number of nitrogens with zero attached hydrogens (tertiary/aromatic N) is 8. The number of halogens is 12. The molecular weight excluding hydrogens is 1410 g/mol. The first-order valence-electron chi connectivity index (χ1n) is 29.6. The number of pyridine rings is 8. The largest absolute Gasteiger partial charge is 2.00 e. The third-order valence-corrected chi connectivity index (χ3v) is 12.2. The predicted octanol–water partition coefficient (Wildman–Crippen LogP) is 18.9. The molecular formula is C67H64F12FeN8O9P2. The van der Waals surface area contributed by atoms with Crippen molar-refractivity contribution in [1.82, 2.24) is 39.9 Å². The summed E-state index contributed by atoms with van der Waals surface area (Å²) in [6, 6.07) is 54.3. The van der Waals surface area contributed by atoms with Crippen molar-refractivity contribution in [3.8, 4) is 102 Å². The molecule has 17 nitrogen and oxygen atoms in total. The topological polar surface area (TPSA) is 194 Å². The summed E-state index contributed by atoms with van der Waals surface area (Å²) in [5, 5.41) is 0. The number of rotatable bonds is 29. The maximum atomic E-state index is 9.87. The van der Waals surface area contributed by atoms with Crippen molar-refractivity contribution in [1.29, 1.82) is 0 Å².